The minimum atomic E-state index is -0.831. The second-order valence-electron chi connectivity index (χ2n) is 8.60. The number of hydroxylamine groups is 2. The topological polar surface area (TPSA) is 85.9 Å². The lowest BCUT2D eigenvalue weighted by molar-refractivity contribution is -0.162. The van der Waals surface area contributed by atoms with E-state index in [1.807, 2.05) is 6.92 Å². The summed E-state index contributed by atoms with van der Waals surface area (Å²) in [5.41, 5.74) is 1.95. The Hall–Kier alpha value is -3.27. The van der Waals surface area contributed by atoms with Gasteiger partial charge in [0.1, 0.15) is 5.82 Å². The maximum atomic E-state index is 13.5. The lowest BCUT2D eigenvalue weighted by Gasteiger charge is -2.40. The number of aromatic amines is 1. The number of H-pyrrole nitrogens is 1. The monoisotopic (exact) mass is 500 g/mol. The molecule has 1 aliphatic heterocycles. The van der Waals surface area contributed by atoms with E-state index in [0.29, 0.717) is 37.1 Å². The molecule has 0 spiro atoms. The first-order chi connectivity index (χ1) is 16.7. The molecular formula is C25H26ClFN4O4. The summed E-state index contributed by atoms with van der Waals surface area (Å²) < 4.78 is 13.2. The van der Waals surface area contributed by atoms with Crippen LogP contribution in [0, 0.1) is 5.82 Å². The van der Waals surface area contributed by atoms with Gasteiger partial charge in [0.2, 0.25) is 0 Å². The van der Waals surface area contributed by atoms with Crippen molar-refractivity contribution in [3.05, 3.63) is 70.1 Å². The Morgan fingerprint density at radius 2 is 1.89 bits per heavy atom. The Balaban J connectivity index is 1.53. The van der Waals surface area contributed by atoms with Crippen LogP contribution < -0.4 is 0 Å². The summed E-state index contributed by atoms with van der Waals surface area (Å²) in [7, 11) is 2.63. The fourth-order valence-electron chi connectivity index (χ4n) is 4.32. The average molecular weight is 501 g/mol. The van der Waals surface area contributed by atoms with Gasteiger partial charge in [0.25, 0.3) is 11.7 Å². The van der Waals surface area contributed by atoms with Gasteiger partial charge in [0.15, 0.2) is 0 Å². The molecule has 10 heteroatoms. The van der Waals surface area contributed by atoms with Gasteiger partial charge in [-0.15, -0.1) is 0 Å². The van der Waals surface area contributed by atoms with E-state index in [0.717, 1.165) is 10.6 Å². The highest BCUT2D eigenvalue weighted by Gasteiger charge is 2.30. The number of amides is 2. The molecule has 1 N–H and O–H groups in total. The molecule has 3 aromatic rings. The predicted octanol–water partition coefficient (Wildman–Crippen LogP) is 3.51. The molecule has 1 atom stereocenters. The smallest absolute Gasteiger partial charge is 0.318 e. The zero-order chi connectivity index (χ0) is 25.3. The number of benzene rings is 2. The van der Waals surface area contributed by atoms with Crippen LogP contribution in [0.3, 0.4) is 0 Å². The van der Waals surface area contributed by atoms with Crippen molar-refractivity contribution in [2.24, 2.45) is 0 Å². The maximum absolute atomic E-state index is 13.5. The number of fused-ring (bicyclic) bond motifs is 1. The number of halogens is 2. The molecule has 2 heterocycles. The van der Waals surface area contributed by atoms with Crippen molar-refractivity contribution in [2.45, 2.75) is 19.5 Å². The zero-order valence-electron chi connectivity index (χ0n) is 19.7. The van der Waals surface area contributed by atoms with E-state index < -0.39 is 11.7 Å². The van der Waals surface area contributed by atoms with E-state index in [1.165, 1.54) is 32.5 Å². The lowest BCUT2D eigenvalue weighted by Crippen LogP contribution is -2.53. The minimum Gasteiger partial charge on any atom is -0.360 e. The third-order valence-corrected chi connectivity index (χ3v) is 6.60. The fraction of sp³-hybridized carbons (Fsp3) is 0.320. The first-order valence-electron chi connectivity index (χ1n) is 11.1. The Bertz CT molecular complexity index is 1280. The minimum absolute atomic E-state index is 0.0901. The van der Waals surface area contributed by atoms with Crippen LogP contribution in [0.2, 0.25) is 5.02 Å². The van der Waals surface area contributed by atoms with Crippen LogP contribution >= 0.6 is 11.6 Å². The zero-order valence-corrected chi connectivity index (χ0v) is 20.4. The number of carbonyl (C=O) groups excluding carboxylic acids is 3. The van der Waals surface area contributed by atoms with Gasteiger partial charge in [-0.2, -0.15) is 0 Å². The second-order valence-corrected chi connectivity index (χ2v) is 9.01. The normalized spacial score (nSPS) is 16.5. The predicted molar refractivity (Wildman–Crippen MR) is 130 cm³/mol. The van der Waals surface area contributed by atoms with Crippen LogP contribution in [0.5, 0.6) is 0 Å². The van der Waals surface area contributed by atoms with Crippen molar-refractivity contribution in [2.75, 3.05) is 33.8 Å². The molecule has 4 rings (SSSR count). The van der Waals surface area contributed by atoms with E-state index in [1.54, 1.807) is 29.2 Å². The largest absolute Gasteiger partial charge is 0.360 e. The molecule has 0 saturated carbocycles. The lowest BCUT2D eigenvalue weighted by atomic mass is 10.0. The summed E-state index contributed by atoms with van der Waals surface area (Å²) in [5, 5.41) is 1.53. The summed E-state index contributed by atoms with van der Waals surface area (Å²) in [6.07, 6.45) is 1.43. The molecule has 2 amide bonds. The Labute approximate surface area is 207 Å². The maximum Gasteiger partial charge on any atom is 0.318 e. The molecule has 8 nitrogen and oxygen atoms in total. The van der Waals surface area contributed by atoms with Crippen LogP contribution in [0.15, 0.2) is 42.6 Å². The van der Waals surface area contributed by atoms with Gasteiger partial charge in [0.05, 0.1) is 23.3 Å². The summed E-state index contributed by atoms with van der Waals surface area (Å²) in [5.74, 6) is -2.11. The summed E-state index contributed by atoms with van der Waals surface area (Å²) in [6.45, 7) is 4.42. The molecule has 0 aliphatic carbocycles. The number of rotatable bonds is 6. The van der Waals surface area contributed by atoms with Gasteiger partial charge in [-0.25, -0.2) is 9.45 Å². The molecular weight excluding hydrogens is 475 g/mol. The fourth-order valence-corrected chi connectivity index (χ4v) is 4.56. The third-order valence-electron chi connectivity index (χ3n) is 6.29. The molecule has 1 fully saturated rings. The standard InChI is InChI=1S/C25H26ClFN4O4/c1-15-13-30(14-16-4-6-17(27)7-5-16)8-9-31(15)24(33)19-10-18-20(12-28-22(18)11-21(19)26)23(32)25(34)29(2)35-3/h4-7,10-12,15,28H,8-9,13-14H2,1-3H3/t15-/m1/s1. The van der Waals surface area contributed by atoms with Crippen molar-refractivity contribution < 1.29 is 23.6 Å². The van der Waals surface area contributed by atoms with Gasteiger partial charge < -0.3 is 9.88 Å². The van der Waals surface area contributed by atoms with E-state index in [-0.39, 0.29) is 33.9 Å². The highest BCUT2D eigenvalue weighted by Crippen LogP contribution is 2.29. The van der Waals surface area contributed by atoms with Crippen LogP contribution in [0.25, 0.3) is 10.9 Å². The van der Waals surface area contributed by atoms with Gasteiger partial charge in [-0.05, 0) is 36.8 Å². The van der Waals surface area contributed by atoms with Crippen molar-refractivity contribution >= 4 is 40.1 Å². The molecule has 184 valence electrons. The number of hydrogen-bond acceptors (Lipinski definition) is 5. The molecule has 0 bridgehead atoms. The van der Waals surface area contributed by atoms with Crippen molar-refractivity contribution in [3.63, 3.8) is 0 Å². The molecule has 0 unspecified atom stereocenters. The molecule has 2 aromatic carbocycles. The third kappa shape index (κ3) is 5.07. The van der Waals surface area contributed by atoms with E-state index >= 15 is 0 Å². The first kappa shape index (κ1) is 24.8. The Morgan fingerprint density at radius 3 is 2.54 bits per heavy atom. The quantitative estimate of drug-likeness (QED) is 0.318. The van der Waals surface area contributed by atoms with Crippen molar-refractivity contribution in [1.82, 2.24) is 19.8 Å². The Kier molecular flexibility index (Phi) is 7.20. The van der Waals surface area contributed by atoms with Crippen molar-refractivity contribution in [3.8, 4) is 0 Å². The number of piperazine rings is 1. The summed E-state index contributed by atoms with van der Waals surface area (Å²) >= 11 is 6.45. The number of carbonyl (C=O) groups is 3. The van der Waals surface area contributed by atoms with Gasteiger partial charge >= 0.3 is 5.91 Å². The van der Waals surface area contributed by atoms with Crippen LogP contribution in [-0.2, 0) is 16.2 Å². The van der Waals surface area contributed by atoms with Gasteiger partial charge in [-0.1, -0.05) is 23.7 Å². The number of hydrogen-bond donors (Lipinski definition) is 1. The highest BCUT2D eigenvalue weighted by atomic mass is 35.5. The number of nitrogens with one attached hydrogen (secondary N) is 1. The molecule has 0 radical (unpaired) electrons. The van der Waals surface area contributed by atoms with Crippen LogP contribution in [0.4, 0.5) is 4.39 Å². The number of nitrogens with zero attached hydrogens (tertiary/aromatic N) is 3. The van der Waals surface area contributed by atoms with Gasteiger partial charge in [-0.3, -0.25) is 24.1 Å². The van der Waals surface area contributed by atoms with E-state index in [9.17, 15) is 18.8 Å². The first-order valence-corrected chi connectivity index (χ1v) is 11.5. The number of aromatic nitrogens is 1. The summed E-state index contributed by atoms with van der Waals surface area (Å²) in [4.78, 5) is 50.2. The summed E-state index contributed by atoms with van der Waals surface area (Å²) in [6, 6.07) is 9.46. The number of ketones is 1. The molecule has 1 saturated heterocycles. The van der Waals surface area contributed by atoms with E-state index in [4.69, 9.17) is 16.4 Å². The molecule has 35 heavy (non-hydrogen) atoms. The van der Waals surface area contributed by atoms with Crippen LogP contribution in [-0.4, -0.2) is 77.3 Å². The molecule has 1 aliphatic rings. The molecule has 1 aromatic heterocycles. The SMILES string of the molecule is CON(C)C(=O)C(=O)c1c[nH]c2cc(Cl)c(C(=O)N3CCN(Cc4ccc(F)cc4)C[C@H]3C)cc12. The number of likely N-dealkylation sites (N-methyl/N-ethyl adjacent to an activating group) is 1. The van der Waals surface area contributed by atoms with Crippen LogP contribution in [0.1, 0.15) is 33.2 Å². The van der Waals surface area contributed by atoms with E-state index in [2.05, 4.69) is 9.88 Å². The second kappa shape index (κ2) is 10.2. The van der Waals surface area contributed by atoms with Gasteiger partial charge in [0, 0.05) is 56.4 Å². The average Bonchev–Trinajstić information content (AvgIpc) is 3.25. The Morgan fingerprint density at radius 1 is 1.17 bits per heavy atom. The number of Topliss-reactive ketones (excluding diaryl/α,β-unsaturated/α-hetero) is 1. The van der Waals surface area contributed by atoms with Crippen molar-refractivity contribution in [1.29, 1.82) is 0 Å². The highest BCUT2D eigenvalue weighted by molar-refractivity contribution is 6.45.